The van der Waals surface area contributed by atoms with E-state index in [1.807, 2.05) is 67.6 Å². The first-order chi connectivity index (χ1) is 11.1. The summed E-state index contributed by atoms with van der Waals surface area (Å²) in [5.41, 5.74) is 2.76. The maximum atomic E-state index is 12.0. The van der Waals surface area contributed by atoms with Crippen LogP contribution in [0.5, 0.6) is 5.75 Å². The van der Waals surface area contributed by atoms with Gasteiger partial charge in [-0.3, -0.25) is 4.79 Å². The van der Waals surface area contributed by atoms with Crippen molar-refractivity contribution >= 4 is 5.78 Å². The summed E-state index contributed by atoms with van der Waals surface area (Å²) in [4.78, 5) is 12.0. The van der Waals surface area contributed by atoms with Crippen molar-refractivity contribution in [3.05, 3.63) is 89.0 Å². The number of phenolic OH excluding ortho intramolecular Hbond substituents is 1. The van der Waals surface area contributed by atoms with Gasteiger partial charge in [0.15, 0.2) is 0 Å². The van der Waals surface area contributed by atoms with Gasteiger partial charge in [0.05, 0.1) is 5.56 Å². The van der Waals surface area contributed by atoms with Gasteiger partial charge in [0.1, 0.15) is 5.75 Å². The molecule has 0 fully saturated rings. The van der Waals surface area contributed by atoms with Crippen molar-refractivity contribution in [3.63, 3.8) is 0 Å². The van der Waals surface area contributed by atoms with Gasteiger partial charge in [0.25, 0.3) is 0 Å². The zero-order valence-electron chi connectivity index (χ0n) is 13.6. The fourth-order valence-corrected chi connectivity index (χ4v) is 2.21. The smallest absolute Gasteiger partial charge is 0.507 e. The van der Waals surface area contributed by atoms with Gasteiger partial charge in [-0.15, -0.1) is 11.6 Å². The van der Waals surface area contributed by atoms with E-state index < -0.39 is 0 Å². The van der Waals surface area contributed by atoms with Gasteiger partial charge < -0.3 is 5.11 Å². The van der Waals surface area contributed by atoms with Crippen LogP contribution in [0, 0.1) is 25.7 Å². The van der Waals surface area contributed by atoms with Crippen LogP contribution in [-0.2, 0) is 17.1 Å². The van der Waals surface area contributed by atoms with Crippen molar-refractivity contribution in [2.75, 3.05) is 0 Å². The van der Waals surface area contributed by atoms with E-state index in [1.165, 1.54) is 0 Å². The number of hydrogen-bond donors (Lipinski definition) is 1. The minimum absolute atomic E-state index is 0. The number of carbonyl (C=O) groups is 1. The molecule has 3 aromatic rings. The third-order valence-corrected chi connectivity index (χ3v) is 3.22. The maximum Gasteiger partial charge on any atom is 2.00 e. The van der Waals surface area contributed by atoms with E-state index in [1.54, 1.807) is 13.0 Å². The molecule has 0 unspecified atom stereocenters. The van der Waals surface area contributed by atoms with Crippen LogP contribution in [0.1, 0.15) is 27.0 Å². The molecule has 2 nitrogen and oxygen atoms in total. The summed E-state index contributed by atoms with van der Waals surface area (Å²) in [5, 5.41) is 9.81. The molecule has 24 heavy (non-hydrogen) atoms. The number of aromatic hydroxyl groups is 1. The number of hydrogen-bond acceptors (Lipinski definition) is 2. The molecule has 3 aromatic carbocycles. The predicted molar refractivity (Wildman–Crippen MR) is 92.9 cm³/mol. The Hall–Kier alpha value is -2.53. The van der Waals surface area contributed by atoms with E-state index in [9.17, 15) is 9.90 Å². The molecule has 0 bridgehead atoms. The van der Waals surface area contributed by atoms with Gasteiger partial charge >= 0.3 is 17.1 Å². The molecule has 0 heterocycles. The Kier molecular flexibility index (Phi) is 7.78. The maximum absolute atomic E-state index is 12.0. The van der Waals surface area contributed by atoms with Gasteiger partial charge in [-0.2, -0.15) is 42.3 Å². The van der Waals surface area contributed by atoms with Gasteiger partial charge in [-0.1, -0.05) is 12.0 Å². The molecular weight excluding hydrogens is 340 g/mol. The zero-order valence-corrected chi connectivity index (χ0v) is 14.7. The van der Waals surface area contributed by atoms with E-state index in [2.05, 4.69) is 11.8 Å². The number of Topliss-reactive ketones (excluding diaryl/α,β-unsaturated/α-hetero) is 1. The second-order valence-electron chi connectivity index (χ2n) is 5.19. The van der Waals surface area contributed by atoms with E-state index in [0.29, 0.717) is 5.56 Å². The molecule has 3 heteroatoms. The van der Waals surface area contributed by atoms with E-state index in [-0.39, 0.29) is 28.6 Å². The molecule has 0 aliphatic heterocycles. The van der Waals surface area contributed by atoms with E-state index in [4.69, 9.17) is 0 Å². The van der Waals surface area contributed by atoms with Crippen LogP contribution in [0.25, 0.3) is 0 Å². The van der Waals surface area contributed by atoms with Gasteiger partial charge in [-0.05, 0) is 31.0 Å². The van der Waals surface area contributed by atoms with E-state index >= 15 is 0 Å². The van der Waals surface area contributed by atoms with Crippen molar-refractivity contribution in [3.8, 4) is 17.6 Å². The topological polar surface area (TPSA) is 37.3 Å². The number of phenols is 1. The number of aryl methyl sites for hydroxylation is 2. The van der Waals surface area contributed by atoms with Crippen LogP contribution >= 0.6 is 0 Å². The Morgan fingerprint density at radius 2 is 1.79 bits per heavy atom. The fourth-order valence-electron chi connectivity index (χ4n) is 2.21. The number of ketones is 1. The van der Waals surface area contributed by atoms with Crippen LogP contribution in [0.4, 0.5) is 0 Å². The molecule has 0 saturated carbocycles. The van der Waals surface area contributed by atoms with Gasteiger partial charge in [0, 0.05) is 0 Å². The van der Waals surface area contributed by atoms with Gasteiger partial charge in [-0.25, -0.2) is 12.1 Å². The SMILES string of the molecule is Cc1cc(C)c(C(=O)C#Cc2ccc[cH-]2)c(O)c1.[Fe+2].c1cc[cH-]c1. The first-order valence-electron chi connectivity index (χ1n) is 7.33. The van der Waals surface area contributed by atoms with Crippen LogP contribution in [0.2, 0.25) is 0 Å². The Morgan fingerprint density at radius 1 is 1.08 bits per heavy atom. The quantitative estimate of drug-likeness (QED) is 0.304. The van der Waals surface area contributed by atoms with Crippen molar-refractivity contribution in [2.24, 2.45) is 0 Å². The number of benzene rings is 1. The molecule has 0 spiro atoms. The first kappa shape index (κ1) is 19.5. The zero-order chi connectivity index (χ0) is 16.7. The third kappa shape index (κ3) is 5.59. The fraction of sp³-hybridized carbons (Fsp3) is 0.0952. The Balaban J connectivity index is 0.000000412. The van der Waals surface area contributed by atoms with Gasteiger partial charge in [0.2, 0.25) is 5.78 Å². The predicted octanol–water partition coefficient (Wildman–Crippen LogP) is 4.37. The Morgan fingerprint density at radius 3 is 2.29 bits per heavy atom. The van der Waals surface area contributed by atoms with Crippen molar-refractivity contribution in [1.29, 1.82) is 0 Å². The average molecular weight is 358 g/mol. The number of rotatable bonds is 1. The summed E-state index contributed by atoms with van der Waals surface area (Å²) in [7, 11) is 0. The monoisotopic (exact) mass is 358 g/mol. The summed E-state index contributed by atoms with van der Waals surface area (Å²) in [6.07, 6.45) is 0. The van der Waals surface area contributed by atoms with Crippen molar-refractivity contribution in [1.82, 2.24) is 0 Å². The molecular formula is C21H18FeO2. The standard InChI is InChI=1S/C16H13O2.C5H5.Fe/c1-11-9-12(2)16(15(18)10-11)14(17)8-7-13-5-3-4-6-13;1-2-4-5-3-1;/h3-6,9-10,18H,1-2H3;1-5H;/q2*-1;+2. The molecule has 1 N–H and O–H groups in total. The minimum atomic E-state index is -0.355. The van der Waals surface area contributed by atoms with Crippen LogP contribution in [0.3, 0.4) is 0 Å². The Labute approximate surface area is 153 Å². The molecule has 0 aliphatic rings. The van der Waals surface area contributed by atoms with E-state index in [0.717, 1.165) is 16.7 Å². The molecule has 0 radical (unpaired) electrons. The third-order valence-electron chi connectivity index (χ3n) is 3.22. The molecule has 0 saturated heterocycles. The summed E-state index contributed by atoms with van der Waals surface area (Å²) in [5.74, 6) is 4.97. The summed E-state index contributed by atoms with van der Waals surface area (Å²) >= 11 is 0. The molecule has 0 amide bonds. The molecule has 0 aliphatic carbocycles. The van der Waals surface area contributed by atoms with Crippen molar-refractivity contribution in [2.45, 2.75) is 13.8 Å². The molecule has 0 atom stereocenters. The Bertz CT molecular complexity index is 776. The first-order valence-corrected chi connectivity index (χ1v) is 7.33. The van der Waals surface area contributed by atoms with Crippen molar-refractivity contribution < 1.29 is 27.0 Å². The van der Waals surface area contributed by atoms with Crippen LogP contribution < -0.4 is 0 Å². The summed E-state index contributed by atoms with van der Waals surface area (Å²) < 4.78 is 0. The number of carbonyl (C=O) groups excluding carboxylic acids is 1. The minimum Gasteiger partial charge on any atom is -0.507 e. The normalized spacial score (nSPS) is 8.92. The second kappa shape index (κ2) is 9.57. The summed E-state index contributed by atoms with van der Waals surface area (Å²) in [6, 6.07) is 20.8. The second-order valence-corrected chi connectivity index (χ2v) is 5.19. The average Bonchev–Trinajstić information content (AvgIpc) is 3.20. The van der Waals surface area contributed by atoms with Crippen LogP contribution in [-0.4, -0.2) is 10.9 Å². The van der Waals surface area contributed by atoms with Crippen LogP contribution in [0.15, 0.2) is 66.7 Å². The largest absolute Gasteiger partial charge is 2.00 e. The molecule has 3 rings (SSSR count). The molecule has 122 valence electrons. The summed E-state index contributed by atoms with van der Waals surface area (Å²) in [6.45, 7) is 3.67. The molecule has 0 aromatic heterocycles.